The number of hydrogen-bond donors (Lipinski definition) is 2. The van der Waals surface area contributed by atoms with Crippen molar-refractivity contribution in [2.24, 2.45) is 0 Å². The van der Waals surface area contributed by atoms with Crippen LogP contribution in [0.1, 0.15) is 23.3 Å². The number of carbonyl (C=O) groups excluding carboxylic acids is 2. The Kier molecular flexibility index (Phi) is 4.05. The average molecular weight is 363 g/mol. The number of nitrogens with two attached hydrogens (primary N) is 1. The van der Waals surface area contributed by atoms with Crippen molar-refractivity contribution < 1.29 is 9.59 Å². The molecule has 0 atom stereocenters. The average Bonchev–Trinajstić information content (AvgIpc) is 3.15. The molecule has 0 radical (unpaired) electrons. The maximum absolute atomic E-state index is 12.1. The lowest BCUT2D eigenvalue weighted by Crippen LogP contribution is -2.35. The van der Waals surface area contributed by atoms with Gasteiger partial charge in [-0.25, -0.2) is 14.8 Å². The van der Waals surface area contributed by atoms with E-state index in [4.69, 9.17) is 5.73 Å². The van der Waals surface area contributed by atoms with E-state index in [2.05, 4.69) is 15.3 Å². The SMILES string of the molecule is Nc1nc(SCC(=O)N2CCNC2=O)nc2sc3c(c12)CCCC3. The van der Waals surface area contributed by atoms with Crippen LogP contribution in [0, 0.1) is 0 Å². The lowest BCUT2D eigenvalue weighted by Gasteiger charge is -2.11. The van der Waals surface area contributed by atoms with Gasteiger partial charge in [-0.3, -0.25) is 9.69 Å². The standard InChI is InChI=1S/C15H17N5O2S2/c16-12-11-8-3-1-2-4-9(8)24-13(11)19-14(18-12)23-7-10(21)20-6-5-17-15(20)22/h1-7H2,(H,17,22)(H2,16,18,19). The Morgan fingerprint density at radius 1 is 1.33 bits per heavy atom. The summed E-state index contributed by atoms with van der Waals surface area (Å²) >= 11 is 2.91. The van der Waals surface area contributed by atoms with Gasteiger partial charge >= 0.3 is 6.03 Å². The van der Waals surface area contributed by atoms with Crippen LogP contribution in [-0.2, 0) is 17.6 Å². The number of thiophene rings is 1. The largest absolute Gasteiger partial charge is 0.383 e. The van der Waals surface area contributed by atoms with E-state index in [1.54, 1.807) is 11.3 Å². The number of hydrogen-bond acceptors (Lipinski definition) is 7. The molecule has 0 spiro atoms. The predicted molar refractivity (Wildman–Crippen MR) is 94.3 cm³/mol. The number of aromatic nitrogens is 2. The molecule has 3 heterocycles. The van der Waals surface area contributed by atoms with Gasteiger partial charge in [-0.15, -0.1) is 11.3 Å². The van der Waals surface area contributed by atoms with Crippen LogP contribution in [0.5, 0.6) is 0 Å². The van der Waals surface area contributed by atoms with E-state index in [-0.39, 0.29) is 17.7 Å². The molecule has 0 aromatic carbocycles. The predicted octanol–water partition coefficient (Wildman–Crippen LogP) is 1.80. The Morgan fingerprint density at radius 2 is 2.17 bits per heavy atom. The van der Waals surface area contributed by atoms with Gasteiger partial charge in [-0.05, 0) is 31.2 Å². The summed E-state index contributed by atoms with van der Waals surface area (Å²) in [5.74, 6) is 0.389. The molecule has 1 saturated heterocycles. The summed E-state index contributed by atoms with van der Waals surface area (Å²) in [6.07, 6.45) is 4.51. The zero-order valence-corrected chi connectivity index (χ0v) is 14.6. The molecule has 2 aliphatic rings. The van der Waals surface area contributed by atoms with E-state index < -0.39 is 0 Å². The van der Waals surface area contributed by atoms with E-state index in [9.17, 15) is 9.59 Å². The number of imide groups is 1. The molecule has 2 aromatic rings. The summed E-state index contributed by atoms with van der Waals surface area (Å²) < 4.78 is 0. The maximum atomic E-state index is 12.1. The van der Waals surface area contributed by atoms with Gasteiger partial charge in [0.05, 0.1) is 11.1 Å². The molecule has 126 valence electrons. The Morgan fingerprint density at radius 3 is 2.96 bits per heavy atom. The van der Waals surface area contributed by atoms with Crippen LogP contribution in [0.2, 0.25) is 0 Å². The second-order valence-electron chi connectivity index (χ2n) is 5.85. The Bertz CT molecular complexity index is 835. The summed E-state index contributed by atoms with van der Waals surface area (Å²) in [6.45, 7) is 0.920. The van der Waals surface area contributed by atoms with E-state index >= 15 is 0 Å². The van der Waals surface area contributed by atoms with Crippen molar-refractivity contribution in [3.63, 3.8) is 0 Å². The lowest BCUT2D eigenvalue weighted by atomic mass is 9.97. The smallest absolute Gasteiger partial charge is 0.324 e. The van der Waals surface area contributed by atoms with Crippen LogP contribution in [0.4, 0.5) is 10.6 Å². The van der Waals surface area contributed by atoms with Crippen molar-refractivity contribution in [2.45, 2.75) is 30.8 Å². The first kappa shape index (κ1) is 15.6. The van der Waals surface area contributed by atoms with Crippen LogP contribution >= 0.6 is 23.1 Å². The zero-order chi connectivity index (χ0) is 16.7. The topological polar surface area (TPSA) is 101 Å². The second-order valence-corrected chi connectivity index (χ2v) is 7.87. The number of amides is 3. The number of nitrogens with one attached hydrogen (secondary N) is 1. The third-order valence-corrected chi connectivity index (χ3v) is 6.32. The number of rotatable bonds is 3. The number of aryl methyl sites for hydroxylation is 2. The molecule has 2 aromatic heterocycles. The molecule has 0 saturated carbocycles. The molecule has 0 unspecified atom stereocenters. The normalized spacial score (nSPS) is 17.2. The molecule has 1 aliphatic carbocycles. The molecule has 4 rings (SSSR count). The highest BCUT2D eigenvalue weighted by atomic mass is 32.2. The monoisotopic (exact) mass is 363 g/mol. The number of nitrogens with zero attached hydrogens (tertiary/aromatic N) is 3. The van der Waals surface area contributed by atoms with Crippen molar-refractivity contribution in [3.8, 4) is 0 Å². The van der Waals surface area contributed by atoms with Crippen molar-refractivity contribution in [2.75, 3.05) is 24.6 Å². The molecule has 24 heavy (non-hydrogen) atoms. The van der Waals surface area contributed by atoms with Crippen molar-refractivity contribution in [1.29, 1.82) is 0 Å². The van der Waals surface area contributed by atoms with E-state index in [0.29, 0.717) is 24.1 Å². The molecule has 1 fully saturated rings. The maximum Gasteiger partial charge on any atom is 0.324 e. The van der Waals surface area contributed by atoms with Gasteiger partial charge < -0.3 is 11.1 Å². The highest BCUT2D eigenvalue weighted by molar-refractivity contribution is 7.99. The quantitative estimate of drug-likeness (QED) is 0.637. The van der Waals surface area contributed by atoms with Crippen LogP contribution in [-0.4, -0.2) is 45.6 Å². The van der Waals surface area contributed by atoms with Gasteiger partial charge in [0.2, 0.25) is 5.91 Å². The van der Waals surface area contributed by atoms with E-state index in [1.807, 2.05) is 0 Å². The molecular weight excluding hydrogens is 346 g/mol. The molecule has 3 N–H and O–H groups in total. The summed E-state index contributed by atoms with van der Waals surface area (Å²) in [5, 5.41) is 4.10. The van der Waals surface area contributed by atoms with Crippen LogP contribution in [0.15, 0.2) is 5.16 Å². The van der Waals surface area contributed by atoms with Gasteiger partial charge in [0.25, 0.3) is 0 Å². The van der Waals surface area contributed by atoms with Gasteiger partial charge in [-0.1, -0.05) is 11.8 Å². The number of fused-ring (bicyclic) bond motifs is 3. The Hall–Kier alpha value is -1.87. The Balaban J connectivity index is 1.54. The summed E-state index contributed by atoms with van der Waals surface area (Å²) in [4.78, 5) is 36.0. The minimum Gasteiger partial charge on any atom is -0.383 e. The molecular formula is C15H17N5O2S2. The van der Waals surface area contributed by atoms with Gasteiger partial charge in [0, 0.05) is 18.0 Å². The first-order chi connectivity index (χ1) is 11.6. The highest BCUT2D eigenvalue weighted by Crippen LogP contribution is 2.38. The fourth-order valence-corrected chi connectivity index (χ4v) is 5.20. The number of nitrogen functional groups attached to an aromatic ring is 1. The number of carbonyl (C=O) groups is 2. The number of thioether (sulfide) groups is 1. The van der Waals surface area contributed by atoms with Gasteiger partial charge in [-0.2, -0.15) is 0 Å². The van der Waals surface area contributed by atoms with E-state index in [0.717, 1.165) is 23.1 Å². The Labute approximate surface area is 147 Å². The minimum atomic E-state index is -0.331. The lowest BCUT2D eigenvalue weighted by molar-refractivity contribution is -0.124. The summed E-state index contributed by atoms with van der Waals surface area (Å²) in [5.41, 5.74) is 7.46. The van der Waals surface area contributed by atoms with Crippen molar-refractivity contribution in [1.82, 2.24) is 20.2 Å². The summed E-state index contributed by atoms with van der Waals surface area (Å²) in [6, 6.07) is -0.331. The third-order valence-electron chi connectivity index (χ3n) is 4.30. The molecule has 0 bridgehead atoms. The van der Waals surface area contributed by atoms with Crippen molar-refractivity contribution in [3.05, 3.63) is 10.4 Å². The highest BCUT2D eigenvalue weighted by Gasteiger charge is 2.26. The fraction of sp³-hybridized carbons (Fsp3) is 0.467. The second kappa shape index (κ2) is 6.21. The first-order valence-electron chi connectivity index (χ1n) is 7.92. The molecule has 9 heteroatoms. The third kappa shape index (κ3) is 2.71. The zero-order valence-electron chi connectivity index (χ0n) is 13.0. The number of anilines is 1. The summed E-state index contributed by atoms with van der Waals surface area (Å²) in [7, 11) is 0. The minimum absolute atomic E-state index is 0.128. The van der Waals surface area contributed by atoms with Gasteiger partial charge in [0.1, 0.15) is 10.6 Å². The number of urea groups is 1. The fourth-order valence-electron chi connectivity index (χ4n) is 3.14. The van der Waals surface area contributed by atoms with Crippen LogP contribution < -0.4 is 11.1 Å². The molecule has 7 nitrogen and oxygen atoms in total. The van der Waals surface area contributed by atoms with Gasteiger partial charge in [0.15, 0.2) is 5.16 Å². The molecule has 1 aliphatic heterocycles. The van der Waals surface area contributed by atoms with E-state index in [1.165, 1.54) is 39.9 Å². The van der Waals surface area contributed by atoms with Crippen LogP contribution in [0.3, 0.4) is 0 Å². The molecule has 3 amide bonds. The van der Waals surface area contributed by atoms with Crippen molar-refractivity contribution >= 4 is 51.1 Å². The first-order valence-corrected chi connectivity index (χ1v) is 9.72. The van der Waals surface area contributed by atoms with Crippen LogP contribution in [0.25, 0.3) is 10.2 Å².